The van der Waals surface area contributed by atoms with Crippen LogP contribution in [0.1, 0.15) is 63.0 Å². The Morgan fingerprint density at radius 3 is 1.55 bits per heavy atom. The molecule has 0 aromatic heterocycles. The maximum Gasteiger partial charge on any atom is 0.306 e. The van der Waals surface area contributed by atoms with Gasteiger partial charge in [-0.15, -0.1) is 0 Å². The molecule has 166 valence electrons. The lowest BCUT2D eigenvalue weighted by molar-refractivity contribution is -0.147. The first-order valence-electron chi connectivity index (χ1n) is 11.5. The Labute approximate surface area is 186 Å². The maximum absolute atomic E-state index is 12.4. The molecule has 2 aromatic rings. The lowest BCUT2D eigenvalue weighted by Gasteiger charge is -2.34. The van der Waals surface area contributed by atoms with Crippen molar-refractivity contribution >= 4 is 11.9 Å². The quantitative estimate of drug-likeness (QED) is 0.435. The van der Waals surface area contributed by atoms with E-state index in [0.717, 1.165) is 43.2 Å². The molecule has 0 spiro atoms. The van der Waals surface area contributed by atoms with Crippen molar-refractivity contribution < 1.29 is 19.1 Å². The number of carbonyl (C=O) groups is 2. The van der Waals surface area contributed by atoms with E-state index in [0.29, 0.717) is 32.0 Å². The van der Waals surface area contributed by atoms with Gasteiger partial charge in [0.05, 0.1) is 0 Å². The summed E-state index contributed by atoms with van der Waals surface area (Å²) in [6.45, 7) is 2.83. The minimum atomic E-state index is -0.142. The van der Waals surface area contributed by atoms with Crippen molar-refractivity contribution in [3.8, 4) is 0 Å². The zero-order chi connectivity index (χ0) is 21.9. The van der Waals surface area contributed by atoms with Gasteiger partial charge in [-0.05, 0) is 48.1 Å². The molecule has 1 aliphatic rings. The van der Waals surface area contributed by atoms with E-state index < -0.39 is 0 Å². The summed E-state index contributed by atoms with van der Waals surface area (Å²) in [5, 5.41) is 0. The van der Waals surface area contributed by atoms with Crippen molar-refractivity contribution in [3.63, 3.8) is 0 Å². The first kappa shape index (κ1) is 23.1. The van der Waals surface area contributed by atoms with Gasteiger partial charge in [0.1, 0.15) is 13.2 Å². The Morgan fingerprint density at radius 2 is 1.13 bits per heavy atom. The van der Waals surface area contributed by atoms with Crippen molar-refractivity contribution in [2.24, 2.45) is 17.8 Å². The van der Waals surface area contributed by atoms with Crippen LogP contribution in [-0.4, -0.2) is 11.9 Å². The molecule has 0 saturated heterocycles. The first-order chi connectivity index (χ1) is 15.1. The molecule has 4 nitrogen and oxygen atoms in total. The third-order valence-corrected chi connectivity index (χ3v) is 6.09. The summed E-state index contributed by atoms with van der Waals surface area (Å²) in [7, 11) is 0. The minimum Gasteiger partial charge on any atom is -0.461 e. The van der Waals surface area contributed by atoms with Crippen LogP contribution in [0, 0.1) is 17.8 Å². The molecule has 2 unspecified atom stereocenters. The molecule has 0 radical (unpaired) electrons. The highest BCUT2D eigenvalue weighted by Crippen LogP contribution is 2.39. The third-order valence-electron chi connectivity index (χ3n) is 6.09. The molecule has 0 heterocycles. The van der Waals surface area contributed by atoms with Gasteiger partial charge in [-0.25, -0.2) is 0 Å². The molecule has 1 aliphatic carbocycles. The fourth-order valence-corrected chi connectivity index (χ4v) is 4.75. The van der Waals surface area contributed by atoms with Gasteiger partial charge in [-0.2, -0.15) is 0 Å². The maximum atomic E-state index is 12.4. The largest absolute Gasteiger partial charge is 0.461 e. The van der Waals surface area contributed by atoms with Crippen LogP contribution in [0.3, 0.4) is 0 Å². The van der Waals surface area contributed by atoms with Crippen molar-refractivity contribution in [1.82, 2.24) is 0 Å². The zero-order valence-corrected chi connectivity index (χ0v) is 18.5. The molecule has 2 aromatic carbocycles. The summed E-state index contributed by atoms with van der Waals surface area (Å²) < 4.78 is 11.0. The van der Waals surface area contributed by atoms with Crippen molar-refractivity contribution in [2.45, 2.75) is 65.1 Å². The second-order valence-corrected chi connectivity index (χ2v) is 8.79. The van der Waals surface area contributed by atoms with Gasteiger partial charge in [-0.3, -0.25) is 9.59 Å². The highest BCUT2D eigenvalue weighted by atomic mass is 16.5. The summed E-state index contributed by atoms with van der Waals surface area (Å²) in [5.41, 5.74) is 2.00. The summed E-state index contributed by atoms with van der Waals surface area (Å²) in [4.78, 5) is 24.8. The summed E-state index contributed by atoms with van der Waals surface area (Å²) in [5.74, 6) is 0.839. The Balaban J connectivity index is 1.47. The number of hydrogen-bond acceptors (Lipinski definition) is 4. The Bertz CT molecular complexity index is 737. The lowest BCUT2D eigenvalue weighted by atomic mass is 9.71. The van der Waals surface area contributed by atoms with E-state index in [1.54, 1.807) is 0 Å². The average Bonchev–Trinajstić information content (AvgIpc) is 2.78. The number of rotatable bonds is 10. The monoisotopic (exact) mass is 422 g/mol. The third kappa shape index (κ3) is 8.20. The van der Waals surface area contributed by atoms with E-state index in [1.807, 2.05) is 60.7 Å². The standard InChI is InChI=1S/C27H34O4/c1-2-9-23-14-24(17-26(28)30-19-21-10-5-3-6-11-21)16-25(15-23)18-27(29)31-20-22-12-7-4-8-13-22/h3-8,10-13,23-25H,2,9,14-20H2,1H3. The van der Waals surface area contributed by atoms with Gasteiger partial charge in [0, 0.05) is 12.8 Å². The number of benzene rings is 2. The lowest BCUT2D eigenvalue weighted by Crippen LogP contribution is -2.27. The number of ether oxygens (including phenoxy) is 2. The normalized spacial score (nSPS) is 20.7. The topological polar surface area (TPSA) is 52.6 Å². The fraction of sp³-hybridized carbons (Fsp3) is 0.481. The molecule has 0 bridgehead atoms. The smallest absolute Gasteiger partial charge is 0.306 e. The van der Waals surface area contributed by atoms with Gasteiger partial charge in [-0.1, -0.05) is 80.4 Å². The van der Waals surface area contributed by atoms with E-state index >= 15 is 0 Å². The molecule has 31 heavy (non-hydrogen) atoms. The van der Waals surface area contributed by atoms with Crippen LogP contribution in [0.5, 0.6) is 0 Å². The molecule has 1 saturated carbocycles. The highest BCUT2D eigenvalue weighted by Gasteiger charge is 2.31. The molecule has 0 N–H and O–H groups in total. The molecular formula is C27H34O4. The Morgan fingerprint density at radius 1 is 0.710 bits per heavy atom. The second-order valence-electron chi connectivity index (χ2n) is 8.79. The first-order valence-corrected chi connectivity index (χ1v) is 11.5. The van der Waals surface area contributed by atoms with Crippen LogP contribution in [0.2, 0.25) is 0 Å². The van der Waals surface area contributed by atoms with Gasteiger partial charge in [0.15, 0.2) is 0 Å². The molecule has 0 amide bonds. The van der Waals surface area contributed by atoms with Crippen LogP contribution < -0.4 is 0 Å². The molecule has 2 atom stereocenters. The molecular weight excluding hydrogens is 388 g/mol. The highest BCUT2D eigenvalue weighted by molar-refractivity contribution is 5.70. The van der Waals surface area contributed by atoms with E-state index in [2.05, 4.69) is 6.92 Å². The van der Waals surface area contributed by atoms with Gasteiger partial charge in [0.25, 0.3) is 0 Å². The minimum absolute atomic E-state index is 0.142. The molecule has 4 heteroatoms. The van der Waals surface area contributed by atoms with Crippen LogP contribution in [0.25, 0.3) is 0 Å². The second kappa shape index (κ2) is 12.3. The summed E-state index contributed by atoms with van der Waals surface area (Å²) >= 11 is 0. The predicted octanol–water partition coefficient (Wildman–Crippen LogP) is 6.09. The SMILES string of the molecule is CCCC1CC(CC(=O)OCc2ccccc2)CC(CC(=O)OCc2ccccc2)C1. The van der Waals surface area contributed by atoms with E-state index in [4.69, 9.17) is 9.47 Å². The van der Waals surface area contributed by atoms with Crippen LogP contribution in [-0.2, 0) is 32.3 Å². The van der Waals surface area contributed by atoms with E-state index in [1.165, 1.54) is 0 Å². The van der Waals surface area contributed by atoms with Crippen molar-refractivity contribution in [2.75, 3.05) is 0 Å². The zero-order valence-electron chi connectivity index (χ0n) is 18.5. The van der Waals surface area contributed by atoms with Crippen LogP contribution in [0.4, 0.5) is 0 Å². The molecule has 0 aliphatic heterocycles. The average molecular weight is 423 g/mol. The fourth-order valence-electron chi connectivity index (χ4n) is 4.75. The van der Waals surface area contributed by atoms with Gasteiger partial charge in [0.2, 0.25) is 0 Å². The molecule has 1 fully saturated rings. The van der Waals surface area contributed by atoms with E-state index in [9.17, 15) is 9.59 Å². The number of hydrogen-bond donors (Lipinski definition) is 0. The van der Waals surface area contributed by atoms with Crippen LogP contribution in [0.15, 0.2) is 60.7 Å². The van der Waals surface area contributed by atoms with Crippen LogP contribution >= 0.6 is 0 Å². The van der Waals surface area contributed by atoms with E-state index in [-0.39, 0.29) is 23.8 Å². The Kier molecular flexibility index (Phi) is 9.14. The summed E-state index contributed by atoms with van der Waals surface area (Å²) in [6, 6.07) is 19.5. The number of carbonyl (C=O) groups excluding carboxylic acids is 2. The van der Waals surface area contributed by atoms with Crippen molar-refractivity contribution in [3.05, 3.63) is 71.8 Å². The van der Waals surface area contributed by atoms with Gasteiger partial charge >= 0.3 is 11.9 Å². The number of esters is 2. The summed E-state index contributed by atoms with van der Waals surface area (Å²) in [6.07, 6.45) is 6.12. The molecule has 3 rings (SSSR count). The Hall–Kier alpha value is -2.62. The van der Waals surface area contributed by atoms with Gasteiger partial charge < -0.3 is 9.47 Å². The van der Waals surface area contributed by atoms with Crippen molar-refractivity contribution in [1.29, 1.82) is 0 Å². The predicted molar refractivity (Wildman–Crippen MR) is 121 cm³/mol.